The van der Waals surface area contributed by atoms with E-state index >= 15 is 0 Å². The lowest BCUT2D eigenvalue weighted by Gasteiger charge is -2.26. The standard InChI is InChI=1S/C19H25N3O6S/c1-14-4-5-15(29(26,27)21-9-11-28-12-10-21)13-16(14)20-17(23)3-2-8-22-18(24)6-7-19(22)25/h4-5,13H,2-3,6-12H2,1H3,(H,20,23). The van der Waals surface area contributed by atoms with Crippen molar-refractivity contribution in [1.82, 2.24) is 9.21 Å². The van der Waals surface area contributed by atoms with Crippen molar-refractivity contribution in [1.29, 1.82) is 0 Å². The summed E-state index contributed by atoms with van der Waals surface area (Å²) >= 11 is 0. The average Bonchev–Trinajstić information content (AvgIpc) is 3.02. The highest BCUT2D eigenvalue weighted by Crippen LogP contribution is 2.24. The summed E-state index contributed by atoms with van der Waals surface area (Å²) in [6, 6.07) is 4.65. The van der Waals surface area contributed by atoms with Gasteiger partial charge in [0.15, 0.2) is 0 Å². The van der Waals surface area contributed by atoms with Gasteiger partial charge in [-0.2, -0.15) is 4.31 Å². The third kappa shape index (κ3) is 5.01. The number of hydrogen-bond acceptors (Lipinski definition) is 6. The predicted molar refractivity (Wildman–Crippen MR) is 105 cm³/mol. The lowest BCUT2D eigenvalue weighted by Crippen LogP contribution is -2.40. The maximum Gasteiger partial charge on any atom is 0.243 e. The number of hydrogen-bond donors (Lipinski definition) is 1. The van der Waals surface area contributed by atoms with Crippen LogP contribution in [0.15, 0.2) is 23.1 Å². The minimum Gasteiger partial charge on any atom is -0.379 e. The minimum atomic E-state index is -3.66. The van der Waals surface area contributed by atoms with Crippen LogP contribution in [0.25, 0.3) is 0 Å². The number of carbonyl (C=O) groups excluding carboxylic acids is 3. The summed E-state index contributed by atoms with van der Waals surface area (Å²) in [4.78, 5) is 36.8. The van der Waals surface area contributed by atoms with Gasteiger partial charge in [-0.25, -0.2) is 8.42 Å². The first kappa shape index (κ1) is 21.4. The number of likely N-dealkylation sites (tertiary alicyclic amines) is 1. The molecule has 3 rings (SSSR count). The number of benzene rings is 1. The smallest absolute Gasteiger partial charge is 0.243 e. The molecule has 158 valence electrons. The predicted octanol–water partition coefficient (Wildman–Crippen LogP) is 0.884. The molecule has 1 aromatic rings. The van der Waals surface area contributed by atoms with E-state index in [0.717, 1.165) is 5.56 Å². The molecule has 2 fully saturated rings. The number of ether oxygens (including phenoxy) is 1. The Balaban J connectivity index is 1.61. The third-order valence-corrected chi connectivity index (χ3v) is 6.93. The van der Waals surface area contributed by atoms with Crippen molar-refractivity contribution >= 4 is 33.4 Å². The van der Waals surface area contributed by atoms with Gasteiger partial charge in [-0.1, -0.05) is 6.07 Å². The number of carbonyl (C=O) groups is 3. The summed E-state index contributed by atoms with van der Waals surface area (Å²) in [5.41, 5.74) is 1.17. The molecule has 0 saturated carbocycles. The Hall–Kier alpha value is -2.30. The van der Waals surface area contributed by atoms with Crippen molar-refractivity contribution < 1.29 is 27.5 Å². The normalized spacial score (nSPS) is 18.3. The number of anilines is 1. The Kier molecular flexibility index (Phi) is 6.66. The fourth-order valence-electron chi connectivity index (χ4n) is 3.31. The van der Waals surface area contributed by atoms with Gasteiger partial charge < -0.3 is 10.1 Å². The summed E-state index contributed by atoms with van der Waals surface area (Å²) < 4.78 is 32.2. The molecule has 2 aliphatic heterocycles. The van der Waals surface area contributed by atoms with E-state index in [4.69, 9.17) is 4.74 Å². The fraction of sp³-hybridized carbons (Fsp3) is 0.526. The Morgan fingerprint density at radius 3 is 2.45 bits per heavy atom. The molecule has 0 aromatic heterocycles. The zero-order valence-electron chi connectivity index (χ0n) is 16.3. The molecule has 2 saturated heterocycles. The zero-order valence-corrected chi connectivity index (χ0v) is 17.2. The molecule has 3 amide bonds. The van der Waals surface area contributed by atoms with E-state index in [1.165, 1.54) is 21.3 Å². The largest absolute Gasteiger partial charge is 0.379 e. The van der Waals surface area contributed by atoms with E-state index < -0.39 is 10.0 Å². The van der Waals surface area contributed by atoms with Gasteiger partial charge in [-0.3, -0.25) is 19.3 Å². The molecular weight excluding hydrogens is 398 g/mol. The van der Waals surface area contributed by atoms with Gasteiger partial charge in [0.25, 0.3) is 0 Å². The number of nitrogens with one attached hydrogen (secondary N) is 1. The number of nitrogens with zero attached hydrogens (tertiary/aromatic N) is 2. The Morgan fingerprint density at radius 2 is 1.79 bits per heavy atom. The topological polar surface area (TPSA) is 113 Å². The number of aryl methyl sites for hydroxylation is 1. The molecule has 2 heterocycles. The molecule has 0 unspecified atom stereocenters. The Morgan fingerprint density at radius 1 is 1.14 bits per heavy atom. The highest BCUT2D eigenvalue weighted by atomic mass is 32.2. The molecule has 1 N–H and O–H groups in total. The monoisotopic (exact) mass is 423 g/mol. The summed E-state index contributed by atoms with van der Waals surface area (Å²) in [6.07, 6.45) is 0.939. The molecule has 1 aromatic carbocycles. The van der Waals surface area contributed by atoms with Crippen LogP contribution in [0.1, 0.15) is 31.2 Å². The van der Waals surface area contributed by atoms with Crippen molar-refractivity contribution in [2.75, 3.05) is 38.2 Å². The number of sulfonamides is 1. The number of amides is 3. The van der Waals surface area contributed by atoms with Crippen LogP contribution in [0.2, 0.25) is 0 Å². The second-order valence-electron chi connectivity index (χ2n) is 7.08. The number of morpholine rings is 1. The van der Waals surface area contributed by atoms with Crippen LogP contribution in [0.3, 0.4) is 0 Å². The average molecular weight is 423 g/mol. The van der Waals surface area contributed by atoms with E-state index in [2.05, 4.69) is 5.32 Å². The van der Waals surface area contributed by atoms with Gasteiger partial charge in [0, 0.05) is 44.6 Å². The molecule has 0 radical (unpaired) electrons. The molecule has 0 spiro atoms. The first-order valence-corrected chi connectivity index (χ1v) is 11.0. The lowest BCUT2D eigenvalue weighted by atomic mass is 10.2. The summed E-state index contributed by atoms with van der Waals surface area (Å²) in [5.74, 6) is -0.701. The van der Waals surface area contributed by atoms with E-state index in [-0.39, 0.29) is 48.4 Å². The summed E-state index contributed by atoms with van der Waals surface area (Å²) in [5, 5.41) is 2.74. The van der Waals surface area contributed by atoms with Crippen molar-refractivity contribution in [2.24, 2.45) is 0 Å². The van der Waals surface area contributed by atoms with E-state index in [1.54, 1.807) is 13.0 Å². The number of rotatable bonds is 7. The molecule has 2 aliphatic rings. The second kappa shape index (κ2) is 9.02. The van der Waals surface area contributed by atoms with Gasteiger partial charge >= 0.3 is 0 Å². The number of imide groups is 1. The maximum atomic E-state index is 12.8. The van der Waals surface area contributed by atoms with E-state index in [9.17, 15) is 22.8 Å². The van der Waals surface area contributed by atoms with Gasteiger partial charge in [0.1, 0.15) is 0 Å². The van der Waals surface area contributed by atoms with Crippen molar-refractivity contribution in [3.63, 3.8) is 0 Å². The van der Waals surface area contributed by atoms with Gasteiger partial charge in [0.2, 0.25) is 27.7 Å². The van der Waals surface area contributed by atoms with Crippen LogP contribution in [0, 0.1) is 6.92 Å². The second-order valence-corrected chi connectivity index (χ2v) is 9.02. The fourth-order valence-corrected chi connectivity index (χ4v) is 4.75. The van der Waals surface area contributed by atoms with Crippen LogP contribution < -0.4 is 5.32 Å². The third-order valence-electron chi connectivity index (χ3n) is 5.03. The van der Waals surface area contributed by atoms with Crippen LogP contribution in [0.4, 0.5) is 5.69 Å². The maximum absolute atomic E-state index is 12.8. The van der Waals surface area contributed by atoms with Crippen molar-refractivity contribution in [2.45, 2.75) is 37.5 Å². The van der Waals surface area contributed by atoms with Crippen LogP contribution in [-0.4, -0.2) is 68.2 Å². The summed E-state index contributed by atoms with van der Waals surface area (Å²) in [6.45, 7) is 3.31. The molecule has 0 bridgehead atoms. The van der Waals surface area contributed by atoms with Gasteiger partial charge in [-0.05, 0) is 31.0 Å². The molecule has 0 atom stereocenters. The molecular formula is C19H25N3O6S. The first-order chi connectivity index (χ1) is 13.8. The van der Waals surface area contributed by atoms with Gasteiger partial charge in [-0.15, -0.1) is 0 Å². The van der Waals surface area contributed by atoms with Crippen LogP contribution >= 0.6 is 0 Å². The molecule has 10 heteroatoms. The zero-order chi connectivity index (χ0) is 21.0. The van der Waals surface area contributed by atoms with Crippen LogP contribution in [-0.2, 0) is 29.1 Å². The Bertz CT molecular complexity index is 893. The van der Waals surface area contributed by atoms with Gasteiger partial charge in [0.05, 0.1) is 18.1 Å². The van der Waals surface area contributed by atoms with Crippen LogP contribution in [0.5, 0.6) is 0 Å². The quantitative estimate of drug-likeness (QED) is 0.652. The van der Waals surface area contributed by atoms with Crippen molar-refractivity contribution in [3.05, 3.63) is 23.8 Å². The highest BCUT2D eigenvalue weighted by Gasteiger charge is 2.29. The SMILES string of the molecule is Cc1ccc(S(=O)(=O)N2CCOCC2)cc1NC(=O)CCCN1C(=O)CCC1=O. The first-order valence-electron chi connectivity index (χ1n) is 9.60. The molecule has 9 nitrogen and oxygen atoms in total. The van der Waals surface area contributed by atoms with E-state index in [0.29, 0.717) is 38.4 Å². The van der Waals surface area contributed by atoms with E-state index in [1.807, 2.05) is 0 Å². The highest BCUT2D eigenvalue weighted by molar-refractivity contribution is 7.89. The molecule has 0 aliphatic carbocycles. The lowest BCUT2D eigenvalue weighted by molar-refractivity contribution is -0.138. The molecule has 29 heavy (non-hydrogen) atoms. The Labute approximate surface area is 170 Å². The van der Waals surface area contributed by atoms with Crippen molar-refractivity contribution in [3.8, 4) is 0 Å². The minimum absolute atomic E-state index is 0.119. The summed E-state index contributed by atoms with van der Waals surface area (Å²) in [7, 11) is -3.66.